The molecule has 0 spiro atoms. The highest BCUT2D eigenvalue weighted by Crippen LogP contribution is 2.34. The monoisotopic (exact) mass is 310 g/mol. The largest absolute Gasteiger partial charge is 0.338 e. The van der Waals surface area contributed by atoms with E-state index in [1.54, 1.807) is 11.3 Å². The van der Waals surface area contributed by atoms with Crippen molar-refractivity contribution in [1.82, 2.24) is 14.9 Å². The Kier molecular flexibility index (Phi) is 3.84. The van der Waals surface area contributed by atoms with Gasteiger partial charge in [0.2, 0.25) is 5.95 Å². The average Bonchev–Trinajstić information content (AvgIpc) is 2.74. The van der Waals surface area contributed by atoms with Crippen molar-refractivity contribution in [2.45, 2.75) is 20.8 Å². The predicted molar refractivity (Wildman–Crippen MR) is 86.2 cm³/mol. The zero-order chi connectivity index (χ0) is 14.3. The lowest BCUT2D eigenvalue weighted by molar-refractivity contribution is 0.270. The van der Waals surface area contributed by atoms with Gasteiger partial charge in [-0.15, -0.1) is 11.3 Å². The Bertz CT molecular complexity index is 632. The summed E-state index contributed by atoms with van der Waals surface area (Å²) in [6.07, 6.45) is 0. The summed E-state index contributed by atoms with van der Waals surface area (Å²) in [6.45, 7) is 11.6. The maximum Gasteiger partial charge on any atom is 0.228 e. The van der Waals surface area contributed by atoms with Crippen LogP contribution in [0, 0.1) is 13.8 Å². The van der Waals surface area contributed by atoms with E-state index in [2.05, 4.69) is 35.6 Å². The number of aryl methyl sites for hydroxylation is 2. The number of piperazine rings is 1. The first-order valence-corrected chi connectivity index (χ1v) is 8.20. The van der Waals surface area contributed by atoms with Gasteiger partial charge < -0.3 is 9.80 Å². The van der Waals surface area contributed by atoms with Crippen LogP contribution in [-0.4, -0.2) is 47.6 Å². The Hall–Kier alpha value is -0.910. The van der Waals surface area contributed by atoms with Crippen molar-refractivity contribution in [3.63, 3.8) is 0 Å². The number of hydrogen-bond acceptors (Lipinski definition) is 5. The minimum atomic E-state index is 0.588. The smallest absolute Gasteiger partial charge is 0.228 e. The molecule has 108 valence electrons. The fraction of sp³-hybridized carbons (Fsp3) is 0.571. The van der Waals surface area contributed by atoms with E-state index in [0.717, 1.165) is 48.9 Å². The lowest BCUT2D eigenvalue weighted by Gasteiger charge is -2.34. The molecule has 2 aromatic heterocycles. The molecule has 20 heavy (non-hydrogen) atoms. The highest BCUT2D eigenvalue weighted by molar-refractivity contribution is 7.18. The number of hydrogen-bond donors (Lipinski definition) is 0. The fourth-order valence-corrected chi connectivity index (χ4v) is 3.98. The summed E-state index contributed by atoms with van der Waals surface area (Å²) in [5.74, 6) is 0.777. The van der Waals surface area contributed by atoms with Crippen LogP contribution in [0.5, 0.6) is 0 Å². The molecule has 1 aliphatic heterocycles. The first-order valence-electron chi connectivity index (χ1n) is 7.00. The van der Waals surface area contributed by atoms with Crippen molar-refractivity contribution in [3.05, 3.63) is 15.6 Å². The maximum atomic E-state index is 6.37. The van der Waals surface area contributed by atoms with Gasteiger partial charge in [-0.05, 0) is 26.0 Å². The van der Waals surface area contributed by atoms with Crippen LogP contribution in [0.4, 0.5) is 5.95 Å². The molecule has 0 radical (unpaired) electrons. The third kappa shape index (κ3) is 2.38. The van der Waals surface area contributed by atoms with Crippen molar-refractivity contribution >= 4 is 39.1 Å². The van der Waals surface area contributed by atoms with E-state index in [9.17, 15) is 0 Å². The van der Waals surface area contributed by atoms with Crippen LogP contribution in [0.2, 0.25) is 5.15 Å². The second-order valence-corrected chi connectivity index (χ2v) is 6.76. The van der Waals surface area contributed by atoms with Crippen LogP contribution in [0.25, 0.3) is 10.2 Å². The maximum absolute atomic E-state index is 6.37. The molecule has 0 saturated carbocycles. The van der Waals surface area contributed by atoms with Gasteiger partial charge in [0.15, 0.2) is 0 Å². The number of likely N-dealkylation sites (N-methyl/N-ethyl adjacent to an activating group) is 1. The number of fused-ring (bicyclic) bond motifs is 1. The van der Waals surface area contributed by atoms with Gasteiger partial charge in [-0.1, -0.05) is 18.5 Å². The van der Waals surface area contributed by atoms with E-state index in [1.807, 2.05) is 0 Å². The van der Waals surface area contributed by atoms with Crippen LogP contribution < -0.4 is 4.90 Å². The first-order chi connectivity index (χ1) is 9.60. The SMILES string of the molecule is CCN1CCN(c2nc(Cl)c3c(C)c(C)sc3n2)CC1. The van der Waals surface area contributed by atoms with Gasteiger partial charge in [-0.25, -0.2) is 9.97 Å². The minimum Gasteiger partial charge on any atom is -0.338 e. The second-order valence-electron chi connectivity index (χ2n) is 5.20. The van der Waals surface area contributed by atoms with E-state index in [-0.39, 0.29) is 0 Å². The van der Waals surface area contributed by atoms with Crippen molar-refractivity contribution in [1.29, 1.82) is 0 Å². The summed E-state index contributed by atoms with van der Waals surface area (Å²) in [5.41, 5.74) is 1.21. The van der Waals surface area contributed by atoms with Gasteiger partial charge in [-0.3, -0.25) is 0 Å². The Morgan fingerprint density at radius 1 is 1.15 bits per heavy atom. The molecule has 0 amide bonds. The van der Waals surface area contributed by atoms with Gasteiger partial charge in [-0.2, -0.15) is 0 Å². The van der Waals surface area contributed by atoms with Crippen LogP contribution in [-0.2, 0) is 0 Å². The third-order valence-corrected chi connectivity index (χ3v) is 5.45. The number of nitrogens with zero attached hydrogens (tertiary/aromatic N) is 4. The van der Waals surface area contributed by atoms with E-state index >= 15 is 0 Å². The zero-order valence-corrected chi connectivity index (χ0v) is 13.7. The molecule has 3 rings (SSSR count). The normalized spacial score (nSPS) is 17.1. The van der Waals surface area contributed by atoms with Crippen LogP contribution >= 0.6 is 22.9 Å². The molecule has 0 unspecified atom stereocenters. The molecule has 0 aromatic carbocycles. The van der Waals surface area contributed by atoms with E-state index in [1.165, 1.54) is 10.4 Å². The topological polar surface area (TPSA) is 32.3 Å². The summed E-state index contributed by atoms with van der Waals surface area (Å²) >= 11 is 8.08. The molecule has 0 bridgehead atoms. The van der Waals surface area contributed by atoms with Gasteiger partial charge in [0, 0.05) is 31.1 Å². The lowest BCUT2D eigenvalue weighted by atomic mass is 10.2. The third-order valence-electron chi connectivity index (χ3n) is 4.08. The van der Waals surface area contributed by atoms with Gasteiger partial charge in [0.1, 0.15) is 9.98 Å². The van der Waals surface area contributed by atoms with Crippen molar-refractivity contribution < 1.29 is 0 Å². The zero-order valence-electron chi connectivity index (χ0n) is 12.1. The number of aromatic nitrogens is 2. The summed E-state index contributed by atoms with van der Waals surface area (Å²) in [4.78, 5) is 16.2. The summed E-state index contributed by atoms with van der Waals surface area (Å²) in [5, 5.41) is 1.61. The Labute approximate surface area is 128 Å². The number of halogens is 1. The predicted octanol–water partition coefficient (Wildman–Crippen LogP) is 3.10. The van der Waals surface area contributed by atoms with Gasteiger partial charge in [0.05, 0.1) is 5.39 Å². The van der Waals surface area contributed by atoms with Crippen LogP contribution in [0.1, 0.15) is 17.4 Å². The summed E-state index contributed by atoms with van der Waals surface area (Å²) in [6, 6.07) is 0. The van der Waals surface area contributed by atoms with Crippen LogP contribution in [0.15, 0.2) is 0 Å². The minimum absolute atomic E-state index is 0.588. The van der Waals surface area contributed by atoms with Crippen molar-refractivity contribution in [3.8, 4) is 0 Å². The highest BCUT2D eigenvalue weighted by Gasteiger charge is 2.20. The average molecular weight is 311 g/mol. The molecule has 1 aliphatic rings. The van der Waals surface area contributed by atoms with Gasteiger partial charge in [0.25, 0.3) is 0 Å². The van der Waals surface area contributed by atoms with Gasteiger partial charge >= 0.3 is 0 Å². The molecule has 1 fully saturated rings. The highest BCUT2D eigenvalue weighted by atomic mass is 35.5. The molecular formula is C14H19ClN4S. The molecule has 3 heterocycles. The van der Waals surface area contributed by atoms with E-state index in [0.29, 0.717) is 5.15 Å². The number of anilines is 1. The fourth-order valence-electron chi connectivity index (χ4n) is 2.60. The Morgan fingerprint density at radius 2 is 1.85 bits per heavy atom. The molecule has 0 aliphatic carbocycles. The van der Waals surface area contributed by atoms with E-state index < -0.39 is 0 Å². The molecule has 0 N–H and O–H groups in total. The molecule has 1 saturated heterocycles. The van der Waals surface area contributed by atoms with Crippen LogP contribution in [0.3, 0.4) is 0 Å². The first kappa shape index (κ1) is 14.0. The Morgan fingerprint density at radius 3 is 2.50 bits per heavy atom. The molecule has 0 atom stereocenters. The van der Waals surface area contributed by atoms with E-state index in [4.69, 9.17) is 16.6 Å². The number of thiophene rings is 1. The lowest BCUT2D eigenvalue weighted by Crippen LogP contribution is -2.46. The standard InChI is InChI=1S/C14H19ClN4S/c1-4-18-5-7-19(8-6-18)14-16-12(15)11-9(2)10(3)20-13(11)17-14/h4-8H2,1-3H3. The molecule has 4 nitrogen and oxygen atoms in total. The van der Waals surface area contributed by atoms with Crippen molar-refractivity contribution in [2.75, 3.05) is 37.6 Å². The Balaban J connectivity index is 1.93. The molecule has 2 aromatic rings. The number of rotatable bonds is 2. The molecule has 6 heteroatoms. The van der Waals surface area contributed by atoms with Crippen molar-refractivity contribution in [2.24, 2.45) is 0 Å². The summed E-state index contributed by atoms with van der Waals surface area (Å²) < 4.78 is 0. The molecular weight excluding hydrogens is 292 g/mol. The quantitative estimate of drug-likeness (QED) is 0.798. The second kappa shape index (κ2) is 5.47. The summed E-state index contributed by atoms with van der Waals surface area (Å²) in [7, 11) is 0.